The standard InChI is InChI=1S/C25H38FN5O4/c1-34-19-24(32)31-18-22(16-23(31)25(33)29-8-6-27-7-9-29)30(11-10-28-12-14-35-15-13-28)17-20-2-4-21(26)5-3-20/h2-5,22-23,27H,6-19H2,1H3. The van der Waals surface area contributed by atoms with Crippen LogP contribution in [-0.2, 0) is 25.6 Å². The number of carbonyl (C=O) groups is 2. The minimum absolute atomic E-state index is 0.0216. The summed E-state index contributed by atoms with van der Waals surface area (Å²) in [6.07, 6.45) is 0.586. The lowest BCUT2D eigenvalue weighted by Gasteiger charge is -2.33. The molecule has 0 aliphatic carbocycles. The van der Waals surface area contributed by atoms with Crippen LogP contribution in [0.4, 0.5) is 4.39 Å². The molecule has 10 heteroatoms. The Labute approximate surface area is 207 Å². The van der Waals surface area contributed by atoms with Crippen LogP contribution in [0, 0.1) is 5.82 Å². The highest BCUT2D eigenvalue weighted by Gasteiger charge is 2.43. The monoisotopic (exact) mass is 491 g/mol. The first-order valence-electron chi connectivity index (χ1n) is 12.6. The molecule has 1 N–H and O–H groups in total. The summed E-state index contributed by atoms with van der Waals surface area (Å²) in [4.78, 5) is 34.7. The van der Waals surface area contributed by atoms with Crippen LogP contribution >= 0.6 is 0 Å². The Balaban J connectivity index is 1.50. The fraction of sp³-hybridized carbons (Fsp3) is 0.680. The highest BCUT2D eigenvalue weighted by atomic mass is 19.1. The number of ether oxygens (including phenoxy) is 2. The van der Waals surface area contributed by atoms with Crippen LogP contribution in [0.2, 0.25) is 0 Å². The molecule has 3 saturated heterocycles. The number of hydrogen-bond acceptors (Lipinski definition) is 7. The van der Waals surface area contributed by atoms with E-state index in [1.54, 1.807) is 4.90 Å². The van der Waals surface area contributed by atoms with Gasteiger partial charge in [0, 0.05) is 78.6 Å². The smallest absolute Gasteiger partial charge is 0.249 e. The van der Waals surface area contributed by atoms with E-state index in [0.717, 1.165) is 58.0 Å². The Morgan fingerprint density at radius 2 is 1.86 bits per heavy atom. The van der Waals surface area contributed by atoms with Crippen molar-refractivity contribution in [2.24, 2.45) is 0 Å². The van der Waals surface area contributed by atoms with Crippen LogP contribution in [0.5, 0.6) is 0 Å². The number of nitrogens with one attached hydrogen (secondary N) is 1. The van der Waals surface area contributed by atoms with E-state index in [0.29, 0.717) is 32.6 Å². The number of hydrogen-bond donors (Lipinski definition) is 1. The molecule has 3 heterocycles. The molecular formula is C25H38FN5O4. The summed E-state index contributed by atoms with van der Waals surface area (Å²) in [6, 6.07) is 6.12. The van der Waals surface area contributed by atoms with E-state index < -0.39 is 6.04 Å². The van der Waals surface area contributed by atoms with E-state index >= 15 is 0 Å². The summed E-state index contributed by atoms with van der Waals surface area (Å²) in [5, 5.41) is 3.28. The molecule has 1 aromatic rings. The van der Waals surface area contributed by atoms with Gasteiger partial charge >= 0.3 is 0 Å². The molecule has 3 aliphatic rings. The summed E-state index contributed by atoms with van der Waals surface area (Å²) in [5.41, 5.74) is 1.01. The zero-order valence-electron chi connectivity index (χ0n) is 20.7. The van der Waals surface area contributed by atoms with Gasteiger partial charge in [0.05, 0.1) is 13.2 Å². The SMILES string of the molecule is COCC(=O)N1CC(N(CCN2CCOCC2)Cc2ccc(F)cc2)CC1C(=O)N1CCNCC1. The molecule has 2 unspecified atom stereocenters. The van der Waals surface area contributed by atoms with Gasteiger partial charge in [-0.05, 0) is 24.1 Å². The molecule has 0 bridgehead atoms. The minimum atomic E-state index is -0.486. The zero-order chi connectivity index (χ0) is 24.6. The van der Waals surface area contributed by atoms with E-state index in [1.807, 2.05) is 17.0 Å². The van der Waals surface area contributed by atoms with Gasteiger partial charge in [-0.2, -0.15) is 0 Å². The number of benzene rings is 1. The first kappa shape index (κ1) is 26.0. The molecular weight excluding hydrogens is 453 g/mol. The lowest BCUT2D eigenvalue weighted by molar-refractivity contribution is -0.146. The van der Waals surface area contributed by atoms with Crippen molar-refractivity contribution in [3.63, 3.8) is 0 Å². The van der Waals surface area contributed by atoms with Gasteiger partial charge in [0.15, 0.2) is 0 Å². The van der Waals surface area contributed by atoms with Crippen molar-refractivity contribution in [2.75, 3.05) is 85.8 Å². The number of piperazine rings is 1. The predicted octanol–water partition coefficient (Wildman–Crippen LogP) is 0.00760. The van der Waals surface area contributed by atoms with E-state index in [9.17, 15) is 14.0 Å². The number of morpholine rings is 1. The minimum Gasteiger partial charge on any atom is -0.379 e. The highest BCUT2D eigenvalue weighted by Crippen LogP contribution is 2.26. The average molecular weight is 492 g/mol. The van der Waals surface area contributed by atoms with E-state index in [-0.39, 0.29) is 30.3 Å². The Bertz CT molecular complexity index is 830. The Morgan fingerprint density at radius 1 is 1.14 bits per heavy atom. The number of likely N-dealkylation sites (tertiary alicyclic amines) is 1. The first-order valence-corrected chi connectivity index (χ1v) is 12.6. The van der Waals surface area contributed by atoms with Gasteiger partial charge < -0.3 is 24.6 Å². The third-order valence-corrected chi connectivity index (χ3v) is 7.20. The van der Waals surface area contributed by atoms with E-state index in [2.05, 4.69) is 15.1 Å². The van der Waals surface area contributed by atoms with Gasteiger partial charge in [-0.25, -0.2) is 4.39 Å². The number of halogens is 1. The number of methoxy groups -OCH3 is 1. The molecule has 4 rings (SSSR count). The molecule has 3 fully saturated rings. The fourth-order valence-electron chi connectivity index (χ4n) is 5.20. The number of carbonyl (C=O) groups excluding carboxylic acids is 2. The van der Waals surface area contributed by atoms with Crippen LogP contribution in [0.1, 0.15) is 12.0 Å². The van der Waals surface area contributed by atoms with Crippen LogP contribution in [0.25, 0.3) is 0 Å². The normalized spacial score (nSPS) is 23.7. The van der Waals surface area contributed by atoms with Crippen LogP contribution in [0.3, 0.4) is 0 Å². The van der Waals surface area contributed by atoms with Gasteiger partial charge in [0.25, 0.3) is 0 Å². The molecule has 1 aromatic carbocycles. The summed E-state index contributed by atoms with van der Waals surface area (Å²) in [7, 11) is 1.50. The van der Waals surface area contributed by atoms with Crippen molar-refractivity contribution in [3.05, 3.63) is 35.6 Å². The van der Waals surface area contributed by atoms with Gasteiger partial charge in [0.1, 0.15) is 18.5 Å². The average Bonchev–Trinajstić information content (AvgIpc) is 3.34. The maximum atomic E-state index is 13.5. The first-order chi connectivity index (χ1) is 17.0. The molecule has 9 nitrogen and oxygen atoms in total. The van der Waals surface area contributed by atoms with Gasteiger partial charge in [-0.3, -0.25) is 19.4 Å². The highest BCUT2D eigenvalue weighted by molar-refractivity contribution is 5.89. The predicted molar refractivity (Wildman–Crippen MR) is 129 cm³/mol. The number of amides is 2. The third-order valence-electron chi connectivity index (χ3n) is 7.20. The summed E-state index contributed by atoms with van der Waals surface area (Å²) >= 11 is 0. The van der Waals surface area contributed by atoms with E-state index in [1.165, 1.54) is 19.2 Å². The van der Waals surface area contributed by atoms with Crippen molar-refractivity contribution < 1.29 is 23.5 Å². The van der Waals surface area contributed by atoms with Crippen LogP contribution in [0.15, 0.2) is 24.3 Å². The summed E-state index contributed by atoms with van der Waals surface area (Å²) in [6.45, 7) is 8.88. The van der Waals surface area contributed by atoms with Crippen LogP contribution < -0.4 is 5.32 Å². The van der Waals surface area contributed by atoms with Crippen molar-refractivity contribution in [3.8, 4) is 0 Å². The van der Waals surface area contributed by atoms with Crippen molar-refractivity contribution >= 4 is 11.8 Å². The third kappa shape index (κ3) is 6.98. The Hall–Kier alpha value is -2.11. The zero-order valence-corrected chi connectivity index (χ0v) is 20.7. The van der Waals surface area contributed by atoms with Crippen molar-refractivity contribution in [1.82, 2.24) is 24.9 Å². The largest absolute Gasteiger partial charge is 0.379 e. The second kappa shape index (κ2) is 12.7. The number of rotatable bonds is 9. The Kier molecular flexibility index (Phi) is 9.45. The molecule has 0 aromatic heterocycles. The van der Waals surface area contributed by atoms with Gasteiger partial charge in [-0.1, -0.05) is 12.1 Å². The maximum Gasteiger partial charge on any atom is 0.249 e. The summed E-state index contributed by atoms with van der Waals surface area (Å²) < 4.78 is 24.1. The number of nitrogens with zero attached hydrogens (tertiary/aromatic N) is 4. The maximum absolute atomic E-state index is 13.5. The summed E-state index contributed by atoms with van der Waals surface area (Å²) in [5.74, 6) is -0.390. The van der Waals surface area contributed by atoms with Crippen LogP contribution in [-0.4, -0.2) is 129 Å². The second-order valence-electron chi connectivity index (χ2n) is 9.51. The molecule has 3 aliphatic heterocycles. The Morgan fingerprint density at radius 3 is 2.54 bits per heavy atom. The van der Waals surface area contributed by atoms with Crippen molar-refractivity contribution in [1.29, 1.82) is 0 Å². The molecule has 2 amide bonds. The van der Waals surface area contributed by atoms with E-state index in [4.69, 9.17) is 9.47 Å². The molecule has 0 saturated carbocycles. The fourth-order valence-corrected chi connectivity index (χ4v) is 5.20. The second-order valence-corrected chi connectivity index (χ2v) is 9.51. The van der Waals surface area contributed by atoms with Gasteiger partial charge in [-0.15, -0.1) is 0 Å². The van der Waals surface area contributed by atoms with Gasteiger partial charge in [0.2, 0.25) is 11.8 Å². The molecule has 0 spiro atoms. The topological polar surface area (TPSA) is 77.6 Å². The molecule has 35 heavy (non-hydrogen) atoms. The molecule has 2 atom stereocenters. The molecule has 0 radical (unpaired) electrons. The lowest BCUT2D eigenvalue weighted by atomic mass is 10.1. The quantitative estimate of drug-likeness (QED) is 0.522. The lowest BCUT2D eigenvalue weighted by Crippen LogP contribution is -2.53. The molecule has 194 valence electrons. The van der Waals surface area contributed by atoms with Crippen molar-refractivity contribution in [2.45, 2.75) is 25.0 Å².